The van der Waals surface area contributed by atoms with E-state index in [1.807, 2.05) is 6.92 Å². The van der Waals surface area contributed by atoms with Crippen molar-refractivity contribution < 1.29 is 9.53 Å². The molecule has 0 radical (unpaired) electrons. The van der Waals surface area contributed by atoms with Gasteiger partial charge in [0.2, 0.25) is 0 Å². The molecule has 0 fully saturated rings. The highest BCUT2D eigenvalue weighted by Gasteiger charge is 2.06. The zero-order valence-corrected chi connectivity index (χ0v) is 7.99. The van der Waals surface area contributed by atoms with Crippen molar-refractivity contribution in [2.75, 3.05) is 12.5 Å². The maximum Gasteiger partial charge on any atom is 0.320 e. The van der Waals surface area contributed by atoms with E-state index in [1.54, 1.807) is 0 Å². The highest BCUT2D eigenvalue weighted by atomic mass is 35.5. The summed E-state index contributed by atoms with van der Waals surface area (Å²) in [4.78, 5) is 10.5. The van der Waals surface area contributed by atoms with Crippen LogP contribution in [0.25, 0.3) is 0 Å². The van der Waals surface area contributed by atoms with Crippen molar-refractivity contribution in [2.24, 2.45) is 0 Å². The van der Waals surface area contributed by atoms with E-state index in [1.165, 1.54) is 0 Å². The van der Waals surface area contributed by atoms with Crippen molar-refractivity contribution in [3.05, 3.63) is 0 Å². The summed E-state index contributed by atoms with van der Waals surface area (Å²) in [6.45, 7) is 2.29. The number of halogens is 2. The molecule has 0 aromatic rings. The Morgan fingerprint density at radius 2 is 2.27 bits per heavy atom. The van der Waals surface area contributed by atoms with Gasteiger partial charge in [-0.3, -0.25) is 4.79 Å². The highest BCUT2D eigenvalue weighted by molar-refractivity contribution is 6.26. The van der Waals surface area contributed by atoms with Crippen molar-refractivity contribution in [3.8, 4) is 0 Å². The summed E-state index contributed by atoms with van der Waals surface area (Å²) in [6.07, 6.45) is 1.85. The third kappa shape index (κ3) is 6.45. The molecule has 0 aliphatic heterocycles. The summed E-state index contributed by atoms with van der Waals surface area (Å²) in [5.41, 5.74) is 0. The lowest BCUT2D eigenvalue weighted by Crippen LogP contribution is -2.14. The molecule has 0 amide bonds. The molecule has 0 aromatic heterocycles. The first kappa shape index (κ1) is 11.1. The SMILES string of the molecule is CCCC(Cl)COC(=O)CCl. The Bertz CT molecular complexity index is 117. The molecule has 0 N–H and O–H groups in total. The van der Waals surface area contributed by atoms with Gasteiger partial charge in [0.15, 0.2) is 0 Å². The molecule has 0 bridgehead atoms. The van der Waals surface area contributed by atoms with E-state index < -0.39 is 5.97 Å². The molecule has 66 valence electrons. The Labute approximate surface area is 76.8 Å². The maximum atomic E-state index is 10.5. The van der Waals surface area contributed by atoms with E-state index in [0.29, 0.717) is 0 Å². The second-order valence-electron chi connectivity index (χ2n) is 2.20. The van der Waals surface area contributed by atoms with Crippen LogP contribution in [0, 0.1) is 0 Å². The fraction of sp³-hybridized carbons (Fsp3) is 0.857. The normalized spacial score (nSPS) is 12.6. The number of esters is 1. The molecule has 0 saturated heterocycles. The van der Waals surface area contributed by atoms with Crippen LogP contribution in [0.2, 0.25) is 0 Å². The summed E-state index contributed by atoms with van der Waals surface area (Å²) in [5, 5.41) is -0.0767. The first-order chi connectivity index (χ1) is 5.20. The lowest BCUT2D eigenvalue weighted by atomic mass is 10.2. The molecule has 11 heavy (non-hydrogen) atoms. The average Bonchev–Trinajstić information content (AvgIpc) is 2.01. The van der Waals surface area contributed by atoms with Gasteiger partial charge in [-0.2, -0.15) is 0 Å². The fourth-order valence-electron chi connectivity index (χ4n) is 0.619. The van der Waals surface area contributed by atoms with E-state index >= 15 is 0 Å². The summed E-state index contributed by atoms with van der Waals surface area (Å²) >= 11 is 11.0. The Kier molecular flexibility index (Phi) is 6.77. The Morgan fingerprint density at radius 1 is 1.64 bits per heavy atom. The monoisotopic (exact) mass is 198 g/mol. The minimum absolute atomic E-state index is 0.0767. The zero-order chi connectivity index (χ0) is 8.69. The first-order valence-corrected chi connectivity index (χ1v) is 4.53. The first-order valence-electron chi connectivity index (χ1n) is 3.56. The summed E-state index contributed by atoms with van der Waals surface area (Å²) in [5.74, 6) is -0.510. The Hall–Kier alpha value is 0.0500. The number of carbonyl (C=O) groups is 1. The number of ether oxygens (including phenoxy) is 1. The number of rotatable bonds is 5. The van der Waals surface area contributed by atoms with Crippen molar-refractivity contribution in [3.63, 3.8) is 0 Å². The number of hydrogen-bond acceptors (Lipinski definition) is 2. The molecule has 0 heterocycles. The molecule has 1 unspecified atom stereocenters. The van der Waals surface area contributed by atoms with Gasteiger partial charge >= 0.3 is 5.97 Å². The summed E-state index contributed by atoms with van der Waals surface area (Å²) in [6, 6.07) is 0. The minimum Gasteiger partial charge on any atom is -0.463 e. The highest BCUT2D eigenvalue weighted by Crippen LogP contribution is 2.05. The molecule has 0 rings (SSSR count). The Balaban J connectivity index is 3.29. The van der Waals surface area contributed by atoms with Crippen LogP contribution < -0.4 is 0 Å². The van der Waals surface area contributed by atoms with Crippen molar-refractivity contribution in [1.82, 2.24) is 0 Å². The second kappa shape index (κ2) is 6.74. The molecule has 2 nitrogen and oxygen atoms in total. The Morgan fingerprint density at radius 3 is 2.73 bits per heavy atom. The molecule has 0 saturated carbocycles. The largest absolute Gasteiger partial charge is 0.463 e. The third-order valence-electron chi connectivity index (χ3n) is 1.14. The molecule has 0 aromatic carbocycles. The average molecular weight is 199 g/mol. The molecule has 4 heteroatoms. The van der Waals surface area contributed by atoms with E-state index in [2.05, 4.69) is 0 Å². The number of carbonyl (C=O) groups excluding carboxylic acids is 1. The molecular weight excluding hydrogens is 187 g/mol. The lowest BCUT2D eigenvalue weighted by molar-refractivity contribution is -0.140. The number of alkyl halides is 2. The standard InChI is InChI=1S/C7H12Cl2O2/c1-2-3-6(9)5-11-7(10)4-8/h6H,2-5H2,1H3. The van der Waals surface area contributed by atoms with Crippen LogP contribution in [0.4, 0.5) is 0 Å². The molecule has 1 atom stereocenters. The maximum absolute atomic E-state index is 10.5. The van der Waals surface area contributed by atoms with Gasteiger partial charge in [0.25, 0.3) is 0 Å². The molecule has 0 spiro atoms. The van der Waals surface area contributed by atoms with Gasteiger partial charge in [-0.15, -0.1) is 23.2 Å². The van der Waals surface area contributed by atoms with E-state index in [-0.39, 0.29) is 17.9 Å². The van der Waals surface area contributed by atoms with Crippen LogP contribution >= 0.6 is 23.2 Å². The quantitative estimate of drug-likeness (QED) is 0.501. The molecule has 0 aliphatic rings. The molecule has 0 aliphatic carbocycles. The van der Waals surface area contributed by atoms with E-state index in [9.17, 15) is 4.79 Å². The van der Waals surface area contributed by atoms with Crippen LogP contribution in [0.5, 0.6) is 0 Å². The van der Waals surface area contributed by atoms with Crippen LogP contribution in [-0.2, 0) is 9.53 Å². The van der Waals surface area contributed by atoms with Crippen LogP contribution in [0.15, 0.2) is 0 Å². The van der Waals surface area contributed by atoms with Crippen LogP contribution in [0.3, 0.4) is 0 Å². The fourth-order valence-corrected chi connectivity index (χ4v) is 0.977. The van der Waals surface area contributed by atoms with Gasteiger partial charge in [-0.25, -0.2) is 0 Å². The van der Waals surface area contributed by atoms with Gasteiger partial charge < -0.3 is 4.74 Å². The van der Waals surface area contributed by atoms with Gasteiger partial charge in [-0.1, -0.05) is 13.3 Å². The zero-order valence-electron chi connectivity index (χ0n) is 6.48. The van der Waals surface area contributed by atoms with Gasteiger partial charge in [-0.05, 0) is 6.42 Å². The predicted molar refractivity (Wildman–Crippen MR) is 46.2 cm³/mol. The van der Waals surface area contributed by atoms with Crippen LogP contribution in [0.1, 0.15) is 19.8 Å². The van der Waals surface area contributed by atoms with E-state index in [4.69, 9.17) is 27.9 Å². The predicted octanol–water partition coefficient (Wildman–Crippen LogP) is 2.18. The molecular formula is C7H12Cl2O2. The summed E-state index contributed by atoms with van der Waals surface area (Å²) < 4.78 is 4.70. The lowest BCUT2D eigenvalue weighted by Gasteiger charge is -2.07. The van der Waals surface area contributed by atoms with Crippen molar-refractivity contribution in [2.45, 2.75) is 25.1 Å². The topological polar surface area (TPSA) is 26.3 Å². The van der Waals surface area contributed by atoms with Gasteiger partial charge in [0, 0.05) is 0 Å². The third-order valence-corrected chi connectivity index (χ3v) is 1.70. The van der Waals surface area contributed by atoms with Crippen molar-refractivity contribution in [1.29, 1.82) is 0 Å². The minimum atomic E-state index is -0.409. The smallest absolute Gasteiger partial charge is 0.320 e. The summed E-state index contributed by atoms with van der Waals surface area (Å²) in [7, 11) is 0. The van der Waals surface area contributed by atoms with E-state index in [0.717, 1.165) is 12.8 Å². The number of hydrogen-bond donors (Lipinski definition) is 0. The van der Waals surface area contributed by atoms with Gasteiger partial charge in [0.05, 0.1) is 5.38 Å². The van der Waals surface area contributed by atoms with Gasteiger partial charge in [0.1, 0.15) is 12.5 Å². The second-order valence-corrected chi connectivity index (χ2v) is 3.09. The van der Waals surface area contributed by atoms with Crippen molar-refractivity contribution >= 4 is 29.2 Å². The van der Waals surface area contributed by atoms with Crippen LogP contribution in [-0.4, -0.2) is 23.8 Å².